The van der Waals surface area contributed by atoms with Gasteiger partial charge in [0.2, 0.25) is 0 Å². The van der Waals surface area contributed by atoms with Crippen molar-refractivity contribution in [2.75, 3.05) is 13.7 Å². The molecule has 0 amide bonds. The van der Waals surface area contributed by atoms with E-state index in [4.69, 9.17) is 24.1 Å². The average Bonchev–Trinajstić information content (AvgIpc) is 3.67. The third kappa shape index (κ3) is 7.48. The van der Waals surface area contributed by atoms with Crippen LogP contribution in [0.5, 0.6) is 0 Å². The van der Waals surface area contributed by atoms with E-state index in [1.165, 1.54) is 11.6 Å². The molecule has 0 radical (unpaired) electrons. The number of carboxylic acid groups (broad SMARTS) is 1. The predicted octanol–water partition coefficient (Wildman–Crippen LogP) is 3.06. The van der Waals surface area contributed by atoms with Gasteiger partial charge in [0, 0.05) is 13.2 Å². The van der Waals surface area contributed by atoms with Crippen LogP contribution in [0, 0.1) is 5.92 Å². The summed E-state index contributed by atoms with van der Waals surface area (Å²) >= 11 is 0. The number of aliphatic carboxylic acids is 1. The molecule has 1 unspecified atom stereocenters. The third-order valence-corrected chi connectivity index (χ3v) is 6.62. The fraction of sp³-hybridized carbons (Fsp3) is 0.577. The maximum atomic E-state index is 10.4. The first-order chi connectivity index (χ1) is 15.7. The predicted molar refractivity (Wildman–Crippen MR) is 132 cm³/mol. The Morgan fingerprint density at radius 2 is 1.82 bits per heavy atom. The van der Waals surface area contributed by atoms with Crippen LogP contribution in [0.1, 0.15) is 40.0 Å². The van der Waals surface area contributed by atoms with Crippen molar-refractivity contribution in [3.63, 3.8) is 0 Å². The molecule has 3 aliphatic rings. The Morgan fingerprint density at radius 3 is 2.41 bits per heavy atom. The van der Waals surface area contributed by atoms with Gasteiger partial charge in [0.15, 0.2) is 6.29 Å². The number of methoxy groups -OCH3 is 1. The van der Waals surface area contributed by atoms with Gasteiger partial charge in [-0.1, -0.05) is 48.1 Å². The monoisotopic (exact) mass is 484 g/mol. The number of allylic oxidation sites excluding steroid dienone is 7. The van der Waals surface area contributed by atoms with Crippen LogP contribution in [0.15, 0.2) is 60.3 Å². The van der Waals surface area contributed by atoms with Crippen LogP contribution in [0.25, 0.3) is 0 Å². The molecule has 1 aliphatic carbocycles. The first kappa shape index (κ1) is 29.2. The van der Waals surface area contributed by atoms with Gasteiger partial charge in [0.25, 0.3) is 0 Å². The molecule has 0 aromatic heterocycles. The Hall–Kier alpha value is -1.03. The number of aliphatic hydroxyl groups is 1. The minimum atomic E-state index is -1.07. The summed E-state index contributed by atoms with van der Waals surface area (Å²) in [5.74, 6) is -0.961. The van der Waals surface area contributed by atoms with E-state index in [1.807, 2.05) is 0 Å². The average molecular weight is 485 g/mol. The zero-order chi connectivity index (χ0) is 24.1. The number of epoxide rings is 2. The maximum absolute atomic E-state index is 10.4. The van der Waals surface area contributed by atoms with E-state index in [9.17, 15) is 9.90 Å². The summed E-state index contributed by atoms with van der Waals surface area (Å²) in [6, 6.07) is 0. The molecule has 3 fully saturated rings. The molecule has 7 atom stereocenters. The van der Waals surface area contributed by atoms with Crippen LogP contribution < -0.4 is 0 Å². The Balaban J connectivity index is 0.00000408. The van der Waals surface area contributed by atoms with Crippen molar-refractivity contribution in [2.24, 2.45) is 5.92 Å². The van der Waals surface area contributed by atoms with Gasteiger partial charge in [-0.3, -0.25) is 0 Å². The van der Waals surface area contributed by atoms with Gasteiger partial charge in [-0.15, -0.1) is 0 Å². The number of hydrogen-bond donors (Lipinski definition) is 2. The molecule has 8 heteroatoms. The minimum absolute atomic E-state index is 0. The number of aliphatic hydroxyl groups excluding tert-OH is 1. The molecule has 1 saturated carbocycles. The first-order valence-electron chi connectivity index (χ1n) is 11.4. The van der Waals surface area contributed by atoms with E-state index in [-0.39, 0.29) is 65.0 Å². The van der Waals surface area contributed by atoms with Crippen LogP contribution in [0.2, 0.25) is 0 Å². The second-order valence-electron chi connectivity index (χ2n) is 9.29. The Kier molecular flexibility index (Phi) is 11.0. The van der Waals surface area contributed by atoms with Gasteiger partial charge in [0.05, 0.1) is 36.4 Å². The molecular weight excluding hydrogens is 447 g/mol. The van der Waals surface area contributed by atoms with Crippen LogP contribution in [0.3, 0.4) is 0 Å². The van der Waals surface area contributed by atoms with E-state index in [0.717, 1.165) is 25.3 Å². The Morgan fingerprint density at radius 1 is 1.18 bits per heavy atom. The van der Waals surface area contributed by atoms with Crippen molar-refractivity contribution in [2.45, 2.75) is 75.8 Å². The Labute approximate surface area is 224 Å². The molecule has 7 nitrogen and oxygen atoms in total. The normalized spacial score (nSPS) is 35.8. The van der Waals surface area contributed by atoms with E-state index in [0.29, 0.717) is 6.61 Å². The van der Waals surface area contributed by atoms with Gasteiger partial charge >= 0.3 is 35.5 Å². The van der Waals surface area contributed by atoms with Crippen LogP contribution in [-0.2, 0) is 23.7 Å². The summed E-state index contributed by atoms with van der Waals surface area (Å²) in [6.07, 6.45) is 15.7. The molecule has 2 N–H and O–H groups in total. The van der Waals surface area contributed by atoms with Crippen molar-refractivity contribution in [1.29, 1.82) is 0 Å². The van der Waals surface area contributed by atoms with Gasteiger partial charge in [-0.05, 0) is 46.1 Å². The SMILES string of the molecule is CO[C@@H]1[C@H](OC(O)/C=C/C=C/C=C/C=C/C(=O)O)CC[C@]2(CO2)[C@H]1[C@@]1(C)O[C@@H]1CC=C(C)C.[NaH]. The van der Waals surface area contributed by atoms with Gasteiger partial charge < -0.3 is 29.2 Å². The van der Waals surface area contributed by atoms with E-state index < -0.39 is 12.3 Å². The Bertz CT molecular complexity index is 838. The molecular formula is C26H37NaO7. The summed E-state index contributed by atoms with van der Waals surface area (Å²) in [6.45, 7) is 7.02. The van der Waals surface area contributed by atoms with Gasteiger partial charge in [-0.25, -0.2) is 4.79 Å². The number of hydrogen-bond acceptors (Lipinski definition) is 6. The van der Waals surface area contributed by atoms with Gasteiger partial charge in [0.1, 0.15) is 5.60 Å². The molecule has 1 spiro atoms. The molecule has 0 aromatic rings. The molecule has 2 aliphatic heterocycles. The summed E-state index contributed by atoms with van der Waals surface area (Å²) in [5.41, 5.74) is 0.713. The number of carbonyl (C=O) groups is 1. The molecule has 0 aromatic carbocycles. The second kappa shape index (κ2) is 12.8. The van der Waals surface area contributed by atoms with Crippen molar-refractivity contribution in [3.05, 3.63) is 60.3 Å². The molecule has 2 saturated heterocycles. The van der Waals surface area contributed by atoms with Crippen LogP contribution >= 0.6 is 0 Å². The fourth-order valence-corrected chi connectivity index (χ4v) is 4.87. The first-order valence-corrected chi connectivity index (χ1v) is 11.4. The van der Waals surface area contributed by atoms with Crippen molar-refractivity contribution < 1.29 is 34.0 Å². The number of carboxylic acids is 1. The topological polar surface area (TPSA) is 101 Å². The summed E-state index contributed by atoms with van der Waals surface area (Å²) in [7, 11) is 1.68. The summed E-state index contributed by atoms with van der Waals surface area (Å²) < 4.78 is 24.0. The number of ether oxygens (including phenoxy) is 4. The van der Waals surface area contributed by atoms with E-state index in [1.54, 1.807) is 43.6 Å². The standard InChI is InChI=1S/C26H36O7.Na.H/c1-18(2)13-14-20-25(3,33-20)24-23(30-4)19(15-16-26(24)17-31-26)32-22(29)12-10-8-6-5-7-9-11-21(27)28;;/h5-13,19-20,22-24,29H,14-17H2,1-4H3,(H,27,28);;/b7-5+,8-6+,11-9+,12-10+;;/t19-,20-,22?,23-,24-,25+,26+;;/m1../s1. The zero-order valence-corrected chi connectivity index (χ0v) is 19.8. The molecule has 34 heavy (non-hydrogen) atoms. The van der Waals surface area contributed by atoms with Gasteiger partial charge in [-0.2, -0.15) is 0 Å². The zero-order valence-electron chi connectivity index (χ0n) is 19.8. The van der Waals surface area contributed by atoms with E-state index in [2.05, 4.69) is 26.8 Å². The van der Waals surface area contributed by atoms with E-state index >= 15 is 0 Å². The van der Waals surface area contributed by atoms with Crippen LogP contribution in [0.4, 0.5) is 0 Å². The van der Waals surface area contributed by atoms with Crippen molar-refractivity contribution >= 4 is 35.5 Å². The summed E-state index contributed by atoms with van der Waals surface area (Å²) in [5, 5.41) is 18.9. The number of rotatable bonds is 11. The van der Waals surface area contributed by atoms with Crippen molar-refractivity contribution in [1.82, 2.24) is 0 Å². The molecule has 3 rings (SSSR count). The molecule has 2 heterocycles. The molecule has 0 bridgehead atoms. The molecule has 184 valence electrons. The van der Waals surface area contributed by atoms with Crippen molar-refractivity contribution in [3.8, 4) is 0 Å². The van der Waals surface area contributed by atoms with Crippen LogP contribution in [-0.4, -0.2) is 95.3 Å². The third-order valence-electron chi connectivity index (χ3n) is 6.62. The quantitative estimate of drug-likeness (QED) is 0.116. The second-order valence-corrected chi connectivity index (χ2v) is 9.29. The summed E-state index contributed by atoms with van der Waals surface area (Å²) in [4.78, 5) is 10.4. The fourth-order valence-electron chi connectivity index (χ4n) is 4.87.